The van der Waals surface area contributed by atoms with Crippen molar-refractivity contribution in [2.75, 3.05) is 55.7 Å². The van der Waals surface area contributed by atoms with Gasteiger partial charge in [-0.3, -0.25) is 0 Å². The van der Waals surface area contributed by atoms with E-state index in [0.717, 1.165) is 44.3 Å². The lowest BCUT2D eigenvalue weighted by Gasteiger charge is -2.35. The highest BCUT2D eigenvalue weighted by Gasteiger charge is 2.20. The SMILES string of the molecule is CN1CCN(c2ccc(N)cc2NCC2CCC2)CC1. The molecule has 3 rings (SSSR count). The third kappa shape index (κ3) is 3.01. The van der Waals surface area contributed by atoms with Crippen molar-refractivity contribution >= 4 is 17.1 Å². The molecular weight excluding hydrogens is 248 g/mol. The summed E-state index contributed by atoms with van der Waals surface area (Å²) in [6, 6.07) is 6.28. The standard InChI is InChI=1S/C16H26N4/c1-19-7-9-20(10-8-19)16-6-5-14(17)11-15(16)18-12-13-3-2-4-13/h5-6,11,13,18H,2-4,7-10,12,17H2,1H3. The maximum Gasteiger partial charge on any atom is 0.0604 e. The Kier molecular flexibility index (Phi) is 4.01. The van der Waals surface area contributed by atoms with Gasteiger partial charge >= 0.3 is 0 Å². The fourth-order valence-electron chi connectivity index (χ4n) is 2.97. The summed E-state index contributed by atoms with van der Waals surface area (Å²) in [5.41, 5.74) is 9.33. The van der Waals surface area contributed by atoms with E-state index in [1.165, 1.54) is 30.6 Å². The van der Waals surface area contributed by atoms with E-state index in [1.807, 2.05) is 6.07 Å². The normalized spacial score (nSPS) is 20.8. The maximum absolute atomic E-state index is 5.97. The molecule has 1 aromatic carbocycles. The van der Waals surface area contributed by atoms with Gasteiger partial charge in [0.1, 0.15) is 0 Å². The first-order valence-electron chi connectivity index (χ1n) is 7.79. The molecule has 1 aliphatic carbocycles. The van der Waals surface area contributed by atoms with Crippen molar-refractivity contribution in [2.24, 2.45) is 5.92 Å². The molecule has 2 aliphatic rings. The number of anilines is 3. The van der Waals surface area contributed by atoms with E-state index in [0.29, 0.717) is 0 Å². The summed E-state index contributed by atoms with van der Waals surface area (Å²) < 4.78 is 0. The molecule has 1 saturated heterocycles. The Bertz CT molecular complexity index is 448. The van der Waals surface area contributed by atoms with Crippen LogP contribution < -0.4 is 16.0 Å². The highest BCUT2D eigenvalue weighted by Crippen LogP contribution is 2.31. The highest BCUT2D eigenvalue weighted by atomic mass is 15.3. The average molecular weight is 274 g/mol. The summed E-state index contributed by atoms with van der Waals surface area (Å²) >= 11 is 0. The quantitative estimate of drug-likeness (QED) is 0.827. The lowest BCUT2D eigenvalue weighted by Crippen LogP contribution is -2.44. The van der Waals surface area contributed by atoms with E-state index in [-0.39, 0.29) is 0 Å². The molecule has 2 fully saturated rings. The van der Waals surface area contributed by atoms with Gasteiger partial charge in [-0.2, -0.15) is 0 Å². The molecule has 4 heteroatoms. The second-order valence-corrected chi connectivity index (χ2v) is 6.24. The van der Waals surface area contributed by atoms with Gasteiger partial charge in [-0.15, -0.1) is 0 Å². The Labute approximate surface area is 121 Å². The molecule has 4 nitrogen and oxygen atoms in total. The zero-order valence-corrected chi connectivity index (χ0v) is 12.4. The second kappa shape index (κ2) is 5.92. The Balaban J connectivity index is 1.71. The predicted molar refractivity (Wildman–Crippen MR) is 86.4 cm³/mol. The van der Waals surface area contributed by atoms with Crippen LogP contribution in [0.5, 0.6) is 0 Å². The largest absolute Gasteiger partial charge is 0.399 e. The minimum Gasteiger partial charge on any atom is -0.399 e. The van der Waals surface area contributed by atoms with Crippen LogP contribution in [0, 0.1) is 5.92 Å². The van der Waals surface area contributed by atoms with Crippen LogP contribution in [0.2, 0.25) is 0 Å². The van der Waals surface area contributed by atoms with E-state index in [2.05, 4.69) is 34.3 Å². The first kappa shape index (κ1) is 13.6. The number of piperazine rings is 1. The molecule has 1 aromatic rings. The number of nitrogens with two attached hydrogens (primary N) is 1. The van der Waals surface area contributed by atoms with Gasteiger partial charge in [0.05, 0.1) is 11.4 Å². The Morgan fingerprint density at radius 1 is 1.20 bits per heavy atom. The number of likely N-dealkylation sites (N-methyl/N-ethyl adjacent to an activating group) is 1. The summed E-state index contributed by atoms with van der Waals surface area (Å²) in [6.07, 6.45) is 4.15. The van der Waals surface area contributed by atoms with E-state index in [9.17, 15) is 0 Å². The molecule has 0 aromatic heterocycles. The molecule has 0 amide bonds. The number of rotatable bonds is 4. The summed E-state index contributed by atoms with van der Waals surface area (Å²) in [7, 11) is 2.19. The molecule has 0 radical (unpaired) electrons. The van der Waals surface area contributed by atoms with Crippen molar-refractivity contribution in [3.05, 3.63) is 18.2 Å². The van der Waals surface area contributed by atoms with E-state index < -0.39 is 0 Å². The lowest BCUT2D eigenvalue weighted by atomic mass is 9.85. The van der Waals surface area contributed by atoms with E-state index in [1.54, 1.807) is 0 Å². The molecule has 20 heavy (non-hydrogen) atoms. The fraction of sp³-hybridized carbons (Fsp3) is 0.625. The van der Waals surface area contributed by atoms with Crippen molar-refractivity contribution in [3.63, 3.8) is 0 Å². The lowest BCUT2D eigenvalue weighted by molar-refractivity contribution is 0.313. The third-order valence-corrected chi connectivity index (χ3v) is 4.67. The zero-order valence-electron chi connectivity index (χ0n) is 12.4. The Morgan fingerprint density at radius 2 is 1.95 bits per heavy atom. The molecule has 1 saturated carbocycles. The minimum absolute atomic E-state index is 0.846. The molecule has 1 aliphatic heterocycles. The van der Waals surface area contributed by atoms with Crippen LogP contribution in [0.25, 0.3) is 0 Å². The Hall–Kier alpha value is -1.42. The molecule has 1 heterocycles. The maximum atomic E-state index is 5.97. The molecule has 0 atom stereocenters. The molecule has 110 valence electrons. The Morgan fingerprint density at radius 3 is 2.60 bits per heavy atom. The van der Waals surface area contributed by atoms with Gasteiger partial charge in [0, 0.05) is 38.4 Å². The average Bonchev–Trinajstić information content (AvgIpc) is 2.38. The van der Waals surface area contributed by atoms with Crippen molar-refractivity contribution < 1.29 is 0 Å². The summed E-state index contributed by atoms with van der Waals surface area (Å²) in [5, 5.41) is 3.63. The summed E-state index contributed by atoms with van der Waals surface area (Å²) in [6.45, 7) is 5.54. The second-order valence-electron chi connectivity index (χ2n) is 6.24. The number of nitrogens with one attached hydrogen (secondary N) is 1. The number of hydrogen-bond acceptors (Lipinski definition) is 4. The van der Waals surface area contributed by atoms with Gasteiger partial charge < -0.3 is 20.9 Å². The summed E-state index contributed by atoms with van der Waals surface area (Å²) in [5.74, 6) is 0.858. The first-order valence-corrected chi connectivity index (χ1v) is 7.79. The molecule has 0 spiro atoms. The molecule has 3 N–H and O–H groups in total. The van der Waals surface area contributed by atoms with Crippen LogP contribution in [-0.4, -0.2) is 44.7 Å². The number of nitrogens with zero attached hydrogens (tertiary/aromatic N) is 2. The molecule has 0 unspecified atom stereocenters. The van der Waals surface area contributed by atoms with Gasteiger partial charge in [0.15, 0.2) is 0 Å². The fourth-order valence-corrected chi connectivity index (χ4v) is 2.97. The number of hydrogen-bond donors (Lipinski definition) is 2. The predicted octanol–water partition coefficient (Wildman–Crippen LogP) is 2.23. The van der Waals surface area contributed by atoms with Crippen molar-refractivity contribution in [1.82, 2.24) is 4.90 Å². The number of benzene rings is 1. The van der Waals surface area contributed by atoms with Crippen molar-refractivity contribution in [1.29, 1.82) is 0 Å². The minimum atomic E-state index is 0.846. The topological polar surface area (TPSA) is 44.5 Å². The third-order valence-electron chi connectivity index (χ3n) is 4.67. The van der Waals surface area contributed by atoms with Crippen LogP contribution in [0.4, 0.5) is 17.1 Å². The number of nitrogen functional groups attached to an aromatic ring is 1. The van der Waals surface area contributed by atoms with E-state index in [4.69, 9.17) is 5.73 Å². The van der Waals surface area contributed by atoms with Gasteiger partial charge in [-0.05, 0) is 44.0 Å². The van der Waals surface area contributed by atoms with Gasteiger partial charge in [-0.1, -0.05) is 6.42 Å². The van der Waals surface area contributed by atoms with E-state index >= 15 is 0 Å². The van der Waals surface area contributed by atoms with Crippen molar-refractivity contribution in [3.8, 4) is 0 Å². The monoisotopic (exact) mass is 274 g/mol. The smallest absolute Gasteiger partial charge is 0.0604 e. The van der Waals surface area contributed by atoms with Gasteiger partial charge in [0.25, 0.3) is 0 Å². The first-order chi connectivity index (χ1) is 9.72. The summed E-state index contributed by atoms with van der Waals surface area (Å²) in [4.78, 5) is 4.86. The van der Waals surface area contributed by atoms with Crippen LogP contribution >= 0.6 is 0 Å². The molecule has 0 bridgehead atoms. The zero-order chi connectivity index (χ0) is 13.9. The van der Waals surface area contributed by atoms with Crippen LogP contribution in [0.15, 0.2) is 18.2 Å². The van der Waals surface area contributed by atoms with Crippen LogP contribution in [-0.2, 0) is 0 Å². The van der Waals surface area contributed by atoms with Crippen LogP contribution in [0.3, 0.4) is 0 Å². The highest BCUT2D eigenvalue weighted by molar-refractivity contribution is 5.74. The van der Waals surface area contributed by atoms with Gasteiger partial charge in [0.2, 0.25) is 0 Å². The van der Waals surface area contributed by atoms with Crippen molar-refractivity contribution in [2.45, 2.75) is 19.3 Å². The van der Waals surface area contributed by atoms with Crippen LogP contribution in [0.1, 0.15) is 19.3 Å². The molecular formula is C16H26N4. The van der Waals surface area contributed by atoms with Gasteiger partial charge in [-0.25, -0.2) is 0 Å².